The Hall–Kier alpha value is -0.0900. The highest BCUT2D eigenvalue weighted by molar-refractivity contribution is 9.11. The van der Waals surface area contributed by atoms with Crippen LogP contribution < -0.4 is 0 Å². The molecule has 0 aliphatic heterocycles. The second-order valence-corrected chi connectivity index (χ2v) is 7.02. The Bertz CT molecular complexity index is 553. The smallest absolute Gasteiger partial charge is 0.142 e. The van der Waals surface area contributed by atoms with Crippen molar-refractivity contribution in [3.05, 3.63) is 54.9 Å². The van der Waals surface area contributed by atoms with Crippen LogP contribution in [0.4, 0.5) is 4.39 Å². The Morgan fingerprint density at radius 1 is 1.35 bits per heavy atom. The van der Waals surface area contributed by atoms with Crippen molar-refractivity contribution in [3.63, 3.8) is 0 Å². The van der Waals surface area contributed by atoms with Gasteiger partial charge in [0.15, 0.2) is 0 Å². The number of hydrogen-bond donors (Lipinski definition) is 0. The van der Waals surface area contributed by atoms with E-state index in [-0.39, 0.29) is 5.02 Å². The quantitative estimate of drug-likeness (QED) is 0.586. The Morgan fingerprint density at radius 3 is 2.65 bits per heavy atom. The van der Waals surface area contributed by atoms with E-state index in [9.17, 15) is 4.39 Å². The number of alkyl halides is 1. The first kappa shape index (κ1) is 13.3. The summed E-state index contributed by atoms with van der Waals surface area (Å²) in [6.45, 7) is 1.98. The molecule has 0 saturated heterocycles. The lowest BCUT2D eigenvalue weighted by Gasteiger charge is -2.11. The molecule has 1 atom stereocenters. The number of benzene rings is 1. The van der Waals surface area contributed by atoms with Crippen molar-refractivity contribution in [3.8, 4) is 0 Å². The van der Waals surface area contributed by atoms with Gasteiger partial charge >= 0.3 is 0 Å². The third-order valence-electron chi connectivity index (χ3n) is 2.45. The molecule has 0 aliphatic carbocycles. The molecule has 90 valence electrons. The van der Waals surface area contributed by atoms with Crippen LogP contribution in [0.1, 0.15) is 21.4 Å². The maximum Gasteiger partial charge on any atom is 0.142 e. The first-order valence-corrected chi connectivity index (χ1v) is 7.27. The van der Waals surface area contributed by atoms with Gasteiger partial charge in [0.25, 0.3) is 0 Å². The molecule has 0 radical (unpaired) electrons. The molecule has 17 heavy (non-hydrogen) atoms. The predicted octanol–water partition coefficient (Wildman–Crippen LogP) is 5.94. The summed E-state index contributed by atoms with van der Waals surface area (Å²) in [4.78, 5) is 1.09. The molecule has 0 amide bonds. The minimum atomic E-state index is -0.443. The van der Waals surface area contributed by atoms with E-state index >= 15 is 0 Å². The molecular weight excluding hydrogens is 346 g/mol. The molecule has 5 heteroatoms. The fourth-order valence-corrected chi connectivity index (χ4v) is 4.11. The van der Waals surface area contributed by atoms with E-state index < -0.39 is 11.2 Å². The van der Waals surface area contributed by atoms with Crippen LogP contribution in [0, 0.1) is 12.7 Å². The second-order valence-electron chi connectivity index (χ2n) is 3.57. The van der Waals surface area contributed by atoms with E-state index in [2.05, 4.69) is 15.9 Å². The predicted molar refractivity (Wildman–Crippen MR) is 75.9 cm³/mol. The van der Waals surface area contributed by atoms with Gasteiger partial charge in [-0.05, 0) is 46.1 Å². The molecule has 1 unspecified atom stereocenters. The number of thiophene rings is 1. The van der Waals surface area contributed by atoms with Crippen LogP contribution in [0.5, 0.6) is 0 Å². The summed E-state index contributed by atoms with van der Waals surface area (Å²) < 4.78 is 14.4. The topological polar surface area (TPSA) is 0 Å². The number of aryl methyl sites for hydroxylation is 1. The molecule has 0 spiro atoms. The zero-order valence-electron chi connectivity index (χ0n) is 8.81. The maximum absolute atomic E-state index is 13.4. The van der Waals surface area contributed by atoms with Crippen LogP contribution in [0.2, 0.25) is 5.02 Å². The summed E-state index contributed by atoms with van der Waals surface area (Å²) in [7, 11) is 0. The van der Waals surface area contributed by atoms with Crippen molar-refractivity contribution in [2.24, 2.45) is 0 Å². The van der Waals surface area contributed by atoms with Gasteiger partial charge in [0, 0.05) is 4.88 Å². The number of halogens is 4. The fraction of sp³-hybridized carbons (Fsp3) is 0.167. The van der Waals surface area contributed by atoms with Crippen molar-refractivity contribution in [1.29, 1.82) is 0 Å². The molecular formula is C12H8BrCl2FS. The summed E-state index contributed by atoms with van der Waals surface area (Å²) in [5.74, 6) is -0.443. The van der Waals surface area contributed by atoms with Crippen LogP contribution in [0.3, 0.4) is 0 Å². The van der Waals surface area contributed by atoms with Crippen molar-refractivity contribution in [2.45, 2.75) is 12.3 Å². The molecule has 2 rings (SSSR count). The summed E-state index contributed by atoms with van der Waals surface area (Å²) in [6.07, 6.45) is 0. The lowest BCUT2D eigenvalue weighted by Crippen LogP contribution is -1.95. The highest BCUT2D eigenvalue weighted by Crippen LogP contribution is 2.40. The Morgan fingerprint density at radius 2 is 2.06 bits per heavy atom. The number of hydrogen-bond acceptors (Lipinski definition) is 1. The Balaban J connectivity index is 2.47. The van der Waals surface area contributed by atoms with Gasteiger partial charge in [0.1, 0.15) is 5.82 Å². The van der Waals surface area contributed by atoms with Crippen molar-refractivity contribution in [2.75, 3.05) is 0 Å². The van der Waals surface area contributed by atoms with E-state index in [1.165, 1.54) is 6.07 Å². The van der Waals surface area contributed by atoms with Gasteiger partial charge in [-0.3, -0.25) is 0 Å². The van der Waals surface area contributed by atoms with Gasteiger partial charge in [0.05, 0.1) is 14.2 Å². The van der Waals surface area contributed by atoms with Gasteiger partial charge < -0.3 is 0 Å². The fourth-order valence-electron chi connectivity index (χ4n) is 1.59. The lowest BCUT2D eigenvalue weighted by atomic mass is 10.1. The van der Waals surface area contributed by atoms with Crippen molar-refractivity contribution >= 4 is 50.5 Å². The van der Waals surface area contributed by atoms with Gasteiger partial charge in [0.2, 0.25) is 0 Å². The SMILES string of the molecule is Cc1sc(Br)cc1C(Cl)c1cccc(F)c1Cl. The van der Waals surface area contributed by atoms with Crippen LogP contribution in [-0.2, 0) is 0 Å². The van der Waals surface area contributed by atoms with Gasteiger partial charge in [-0.25, -0.2) is 4.39 Å². The van der Waals surface area contributed by atoms with E-state index in [4.69, 9.17) is 23.2 Å². The van der Waals surface area contributed by atoms with Crippen LogP contribution in [-0.4, -0.2) is 0 Å². The van der Waals surface area contributed by atoms with Crippen LogP contribution in [0.25, 0.3) is 0 Å². The highest BCUT2D eigenvalue weighted by Gasteiger charge is 2.19. The summed E-state index contributed by atoms with van der Waals surface area (Å²) in [5, 5.41) is -0.338. The zero-order chi connectivity index (χ0) is 12.6. The lowest BCUT2D eigenvalue weighted by molar-refractivity contribution is 0.626. The van der Waals surface area contributed by atoms with Crippen LogP contribution in [0.15, 0.2) is 28.1 Å². The average molecular weight is 354 g/mol. The minimum absolute atomic E-state index is 0.0919. The molecule has 0 bridgehead atoms. The largest absolute Gasteiger partial charge is 0.205 e. The second kappa shape index (κ2) is 5.27. The maximum atomic E-state index is 13.4. The van der Waals surface area contributed by atoms with E-state index in [0.29, 0.717) is 5.56 Å². The molecule has 1 heterocycles. The molecule has 0 aliphatic rings. The van der Waals surface area contributed by atoms with Gasteiger partial charge in [-0.2, -0.15) is 0 Å². The minimum Gasteiger partial charge on any atom is -0.205 e. The third-order valence-corrected chi connectivity index (χ3v) is 4.89. The first-order chi connectivity index (χ1) is 8.00. The summed E-state index contributed by atoms with van der Waals surface area (Å²) in [5.41, 5.74) is 1.55. The first-order valence-electron chi connectivity index (χ1n) is 4.84. The molecule has 2 aromatic rings. The molecule has 0 N–H and O–H groups in total. The van der Waals surface area contributed by atoms with Crippen LogP contribution >= 0.6 is 50.5 Å². The normalized spacial score (nSPS) is 12.8. The van der Waals surface area contributed by atoms with E-state index in [0.717, 1.165) is 14.2 Å². The van der Waals surface area contributed by atoms with Crippen molar-refractivity contribution < 1.29 is 4.39 Å². The molecule has 1 aromatic carbocycles. The highest BCUT2D eigenvalue weighted by atomic mass is 79.9. The molecule has 0 fully saturated rings. The summed E-state index contributed by atoms with van der Waals surface area (Å²) >= 11 is 17.3. The Labute approximate surface area is 121 Å². The van der Waals surface area contributed by atoms with Gasteiger partial charge in [-0.15, -0.1) is 22.9 Å². The average Bonchev–Trinajstić information content (AvgIpc) is 2.61. The van der Waals surface area contributed by atoms with E-state index in [1.54, 1.807) is 23.5 Å². The third kappa shape index (κ3) is 2.68. The van der Waals surface area contributed by atoms with Gasteiger partial charge in [-0.1, -0.05) is 23.7 Å². The summed E-state index contributed by atoms with van der Waals surface area (Å²) in [6, 6.07) is 6.63. The monoisotopic (exact) mass is 352 g/mol. The molecule has 1 aromatic heterocycles. The molecule has 0 nitrogen and oxygen atoms in total. The van der Waals surface area contributed by atoms with Crippen molar-refractivity contribution in [1.82, 2.24) is 0 Å². The van der Waals surface area contributed by atoms with E-state index in [1.807, 2.05) is 13.0 Å². The number of rotatable bonds is 2. The Kier molecular flexibility index (Phi) is 4.14. The molecule has 0 saturated carbocycles. The zero-order valence-corrected chi connectivity index (χ0v) is 12.7. The standard InChI is InChI=1S/C12H8BrCl2FS/c1-6-8(5-10(13)17-6)11(14)7-3-2-4-9(16)12(7)15/h2-5,11H,1H3.